The van der Waals surface area contributed by atoms with Gasteiger partial charge in [-0.1, -0.05) is 48.5 Å². The molecule has 6 aromatic rings. The van der Waals surface area contributed by atoms with Crippen molar-refractivity contribution >= 4 is 62.8 Å². The van der Waals surface area contributed by atoms with Crippen LogP contribution >= 0.6 is 0 Å². The Hall–Kier alpha value is -6.10. The van der Waals surface area contributed by atoms with E-state index in [1.165, 1.54) is 48.5 Å². The van der Waals surface area contributed by atoms with E-state index in [4.69, 9.17) is 0 Å². The van der Waals surface area contributed by atoms with Gasteiger partial charge in [0.1, 0.15) is 0 Å². The zero-order valence-corrected chi connectivity index (χ0v) is 36.5. The summed E-state index contributed by atoms with van der Waals surface area (Å²) in [4.78, 5) is 5.99. The molecule has 0 radical (unpaired) electrons. The summed E-state index contributed by atoms with van der Waals surface area (Å²) in [5.74, 6) is 0. The van der Waals surface area contributed by atoms with E-state index in [0.29, 0.717) is 81.2 Å². The van der Waals surface area contributed by atoms with Crippen LogP contribution in [0.15, 0.2) is 152 Å². The maximum absolute atomic E-state index is 12.1. The number of aromatic nitrogens is 2. The minimum absolute atomic E-state index is 0.288. The first kappa shape index (κ1) is 43.2. The zero-order chi connectivity index (χ0) is 45.3. The van der Waals surface area contributed by atoms with Gasteiger partial charge in [0.05, 0.1) is 31.7 Å². The molecule has 2 saturated heterocycles. The van der Waals surface area contributed by atoms with Gasteiger partial charge in [-0.2, -0.15) is 33.7 Å². The van der Waals surface area contributed by atoms with Crippen LogP contribution in [0.4, 0.5) is 0 Å². The lowest BCUT2D eigenvalue weighted by Crippen LogP contribution is -2.31. The van der Waals surface area contributed by atoms with Crippen LogP contribution in [0.5, 0.6) is 0 Å². The number of H-pyrrole nitrogens is 2. The summed E-state index contributed by atoms with van der Waals surface area (Å²) in [6, 6.07) is 29.9. The van der Waals surface area contributed by atoms with E-state index < -0.39 is 52.6 Å². The standard InChI is InChI=1S/C44H38N4O12S4/c49-61(50,51)29-9-1-25(2-10-29)41-33-17-19-35(45-33)42(26-3-11-30(12-4-26)62(52,53)54)37-21-23-39(47-37)44(28-7-15-32(16-8-28)64(58,59)60)40-24-22-38(48-40)43(36-20-18-34(41)46-36)27-5-13-31(14-6-27)63(55,56)57/h1-17,19,22,24,34,37,45-48H,18,20-21,23H2,(H,49,50,51)(H,52,53,54)(H,55,56,57)(H,58,59,60)/b41-33-,42-35+,43-36-,44-39-. The van der Waals surface area contributed by atoms with Gasteiger partial charge in [0, 0.05) is 55.8 Å². The third-order valence-corrected chi connectivity index (χ3v) is 15.1. The van der Waals surface area contributed by atoms with Crippen molar-refractivity contribution in [1.82, 2.24) is 20.6 Å². The molecule has 5 heterocycles. The van der Waals surface area contributed by atoms with E-state index >= 15 is 0 Å². The average molecular weight is 943 g/mol. The van der Waals surface area contributed by atoms with Gasteiger partial charge < -0.3 is 20.6 Å². The van der Waals surface area contributed by atoms with Gasteiger partial charge >= 0.3 is 0 Å². The molecular formula is C44H38N4O12S4. The van der Waals surface area contributed by atoms with Gasteiger partial charge in [-0.25, -0.2) is 0 Å². The topological polar surface area (TPSA) is 273 Å². The maximum Gasteiger partial charge on any atom is 0.294 e. The molecule has 16 nitrogen and oxygen atoms in total. The molecular weight excluding hydrogens is 905 g/mol. The summed E-state index contributed by atoms with van der Waals surface area (Å²) >= 11 is 0. The molecule has 64 heavy (non-hydrogen) atoms. The Labute approximate surface area is 367 Å². The molecule has 0 spiro atoms. The summed E-state index contributed by atoms with van der Waals surface area (Å²) in [6.45, 7) is 0. The minimum atomic E-state index is -4.51. The van der Waals surface area contributed by atoms with Crippen molar-refractivity contribution in [3.8, 4) is 0 Å². The maximum atomic E-state index is 12.1. The number of nitrogens with one attached hydrogen (secondary N) is 4. The van der Waals surface area contributed by atoms with Gasteiger partial charge in [0.25, 0.3) is 40.5 Å². The second-order valence-corrected chi connectivity index (χ2v) is 21.3. The highest BCUT2D eigenvalue weighted by Gasteiger charge is 2.31. The van der Waals surface area contributed by atoms with Crippen molar-refractivity contribution in [3.05, 3.63) is 177 Å². The van der Waals surface area contributed by atoms with E-state index in [1.807, 2.05) is 24.3 Å². The van der Waals surface area contributed by atoms with E-state index in [2.05, 4.69) is 20.6 Å². The molecule has 20 heteroatoms. The lowest BCUT2D eigenvalue weighted by molar-refractivity contribution is 0.481. The first-order valence-corrected chi connectivity index (χ1v) is 25.4. The van der Waals surface area contributed by atoms with E-state index in [0.717, 1.165) is 22.5 Å². The number of hydrogen-bond donors (Lipinski definition) is 8. The van der Waals surface area contributed by atoms with E-state index in [1.54, 1.807) is 48.5 Å². The molecule has 0 amide bonds. The molecule has 330 valence electrons. The van der Waals surface area contributed by atoms with Crippen LogP contribution < -0.4 is 21.3 Å². The van der Waals surface area contributed by atoms with Crippen LogP contribution in [0.2, 0.25) is 0 Å². The first-order valence-electron chi connectivity index (χ1n) is 19.7. The molecule has 0 saturated carbocycles. The average Bonchev–Trinajstić information content (AvgIpc) is 4.08. The van der Waals surface area contributed by atoms with Crippen LogP contribution in [0.25, 0.3) is 22.3 Å². The van der Waals surface area contributed by atoms with Crippen molar-refractivity contribution in [1.29, 1.82) is 0 Å². The summed E-state index contributed by atoms with van der Waals surface area (Å²) in [6.07, 6.45) is 2.04. The highest BCUT2D eigenvalue weighted by molar-refractivity contribution is 7.86. The summed E-state index contributed by atoms with van der Waals surface area (Å²) in [7, 11) is -18.0. The number of allylic oxidation sites excluding steroid dienone is 2. The number of hydrogen-bond acceptors (Lipinski definition) is 10. The zero-order valence-electron chi connectivity index (χ0n) is 33.2. The number of benzene rings is 4. The Morgan fingerprint density at radius 2 is 0.672 bits per heavy atom. The Balaban J connectivity index is 1.33. The normalized spacial score (nSPS) is 22.2. The molecule has 4 aromatic carbocycles. The molecule has 2 fully saturated rings. The van der Waals surface area contributed by atoms with Crippen LogP contribution in [0.3, 0.4) is 0 Å². The van der Waals surface area contributed by atoms with Gasteiger partial charge in [-0.15, -0.1) is 0 Å². The molecule has 2 atom stereocenters. The van der Waals surface area contributed by atoms with E-state index in [9.17, 15) is 51.9 Å². The van der Waals surface area contributed by atoms with Crippen molar-refractivity contribution < 1.29 is 51.9 Å². The molecule has 8 bridgehead atoms. The van der Waals surface area contributed by atoms with Gasteiger partial charge in [-0.05, 0) is 121 Å². The van der Waals surface area contributed by atoms with Crippen molar-refractivity contribution in [2.45, 2.75) is 57.3 Å². The Bertz CT molecular complexity index is 3290. The second-order valence-electron chi connectivity index (χ2n) is 15.6. The molecule has 2 unspecified atom stereocenters. The molecule has 3 aliphatic heterocycles. The number of aromatic amines is 2. The summed E-state index contributed by atoms with van der Waals surface area (Å²) < 4.78 is 136. The van der Waals surface area contributed by atoms with E-state index in [-0.39, 0.29) is 19.6 Å². The van der Waals surface area contributed by atoms with Crippen molar-refractivity contribution in [2.75, 3.05) is 0 Å². The fraction of sp³-hybridized carbons (Fsp3) is 0.136. The summed E-state index contributed by atoms with van der Waals surface area (Å²) in [5, 5.41) is 8.69. The minimum Gasteiger partial charge on any atom is -0.381 e. The number of rotatable bonds is 8. The Kier molecular flexibility index (Phi) is 10.7. The van der Waals surface area contributed by atoms with Crippen LogP contribution in [0, 0.1) is 0 Å². The van der Waals surface area contributed by atoms with Crippen molar-refractivity contribution in [3.63, 3.8) is 0 Å². The highest BCUT2D eigenvalue weighted by Crippen LogP contribution is 2.39. The van der Waals surface area contributed by atoms with Gasteiger partial charge in [0.15, 0.2) is 0 Å². The molecule has 8 N–H and O–H groups in total. The molecule has 2 aromatic heterocycles. The molecule has 9 rings (SSSR count). The third kappa shape index (κ3) is 8.37. The van der Waals surface area contributed by atoms with Gasteiger partial charge in [-0.3, -0.25) is 18.2 Å². The third-order valence-electron chi connectivity index (χ3n) is 11.7. The summed E-state index contributed by atoms with van der Waals surface area (Å²) in [5.41, 5.74) is 8.13. The van der Waals surface area contributed by atoms with Crippen LogP contribution in [-0.4, -0.2) is 73.9 Å². The second kappa shape index (κ2) is 15.9. The molecule has 3 aliphatic rings. The fourth-order valence-electron chi connectivity index (χ4n) is 8.78. The Morgan fingerprint density at radius 3 is 0.969 bits per heavy atom. The largest absolute Gasteiger partial charge is 0.381 e. The molecule has 0 aliphatic carbocycles. The number of fused-ring (bicyclic) bond motifs is 8. The fourth-order valence-corrected chi connectivity index (χ4v) is 10.7. The van der Waals surface area contributed by atoms with Crippen LogP contribution in [0.1, 0.15) is 59.3 Å². The lowest BCUT2D eigenvalue weighted by atomic mass is 9.96. The predicted molar refractivity (Wildman–Crippen MR) is 235 cm³/mol. The van der Waals surface area contributed by atoms with Crippen LogP contribution in [-0.2, 0) is 40.5 Å². The Morgan fingerprint density at radius 1 is 0.375 bits per heavy atom. The van der Waals surface area contributed by atoms with Gasteiger partial charge in [0.2, 0.25) is 0 Å². The van der Waals surface area contributed by atoms with Crippen molar-refractivity contribution in [2.24, 2.45) is 0 Å². The first-order chi connectivity index (χ1) is 30.2. The monoisotopic (exact) mass is 942 g/mol. The quantitative estimate of drug-likeness (QED) is 0.0980. The predicted octanol–water partition coefficient (Wildman–Crippen LogP) is 4.46. The highest BCUT2D eigenvalue weighted by atomic mass is 32.2. The smallest absolute Gasteiger partial charge is 0.294 e. The SMILES string of the molecule is O=S(=O)(O)c1ccc(/C2=C3\CCC(N3)/C(c3ccc(S(=O)(=O)O)cc3)=c3/cc/c([nH]3)=C(/c3ccc(S(=O)(=O)O)cc3)C3CC/C(=C(\c4ccc(S(=O)(=O)O)cc4)c4ccc2[nH]4)N3)cc1. The lowest BCUT2D eigenvalue weighted by Gasteiger charge is -2.20.